The van der Waals surface area contributed by atoms with Gasteiger partial charge in [-0.25, -0.2) is 9.97 Å². The fourth-order valence-electron chi connectivity index (χ4n) is 2.23. The minimum Gasteiger partial charge on any atom is -0.365 e. The summed E-state index contributed by atoms with van der Waals surface area (Å²) in [6.45, 7) is 8.11. The van der Waals surface area contributed by atoms with Gasteiger partial charge in [-0.3, -0.25) is 0 Å². The molecular weight excluding hydrogens is 302 g/mol. The molecule has 0 amide bonds. The smallest absolute Gasteiger partial charge is 0.175 e. The van der Waals surface area contributed by atoms with E-state index < -0.39 is 0 Å². The Morgan fingerprint density at radius 2 is 1.62 bits per heavy atom. The van der Waals surface area contributed by atoms with Crippen LogP contribution in [-0.2, 0) is 0 Å². The molecule has 0 unspecified atom stereocenters. The van der Waals surface area contributed by atoms with Crippen molar-refractivity contribution in [1.29, 1.82) is 0 Å². The van der Waals surface area contributed by atoms with Gasteiger partial charge in [0.15, 0.2) is 11.6 Å². The first kappa shape index (κ1) is 16.0. The molecule has 6 nitrogen and oxygen atoms in total. The molecule has 0 spiro atoms. The first-order valence-electron chi connectivity index (χ1n) is 7.82. The molecule has 2 heterocycles. The minimum absolute atomic E-state index is 0.107. The molecule has 124 valence electrons. The fourth-order valence-corrected chi connectivity index (χ4v) is 2.23. The predicted molar refractivity (Wildman–Crippen MR) is 95.4 cm³/mol. The second kappa shape index (κ2) is 6.31. The quantitative estimate of drug-likeness (QED) is 0.741. The lowest BCUT2D eigenvalue weighted by Gasteiger charge is -2.22. The van der Waals surface area contributed by atoms with Crippen LogP contribution in [0.4, 0.5) is 17.5 Å². The van der Waals surface area contributed by atoms with Crippen molar-refractivity contribution in [2.75, 3.05) is 10.6 Å². The fraction of sp³-hybridized carbons (Fsp3) is 0.278. The van der Waals surface area contributed by atoms with Crippen LogP contribution in [0.5, 0.6) is 0 Å². The normalized spacial score (nSPS) is 11.3. The van der Waals surface area contributed by atoms with E-state index in [1.165, 1.54) is 0 Å². The monoisotopic (exact) mass is 323 g/mol. The van der Waals surface area contributed by atoms with Crippen LogP contribution >= 0.6 is 0 Å². The maximum atomic E-state index is 5.09. The molecule has 24 heavy (non-hydrogen) atoms. The van der Waals surface area contributed by atoms with Crippen molar-refractivity contribution in [3.8, 4) is 11.4 Å². The third-order valence-corrected chi connectivity index (χ3v) is 3.15. The van der Waals surface area contributed by atoms with Gasteiger partial charge >= 0.3 is 0 Å². The topological polar surface area (TPSA) is 75.9 Å². The molecule has 0 fully saturated rings. The molecule has 3 rings (SSSR count). The van der Waals surface area contributed by atoms with Crippen LogP contribution in [0.3, 0.4) is 0 Å². The Labute approximate surface area is 141 Å². The van der Waals surface area contributed by atoms with Crippen molar-refractivity contribution < 1.29 is 4.52 Å². The summed E-state index contributed by atoms with van der Waals surface area (Å²) in [5.41, 5.74) is 0.846. The number of rotatable bonds is 4. The van der Waals surface area contributed by atoms with E-state index in [4.69, 9.17) is 4.52 Å². The van der Waals surface area contributed by atoms with Gasteiger partial charge in [-0.1, -0.05) is 35.5 Å². The van der Waals surface area contributed by atoms with Gasteiger partial charge in [0.1, 0.15) is 17.4 Å². The highest BCUT2D eigenvalue weighted by Crippen LogP contribution is 2.24. The molecule has 0 aliphatic carbocycles. The standard InChI is InChI=1S/C18H21N5O/c1-12-10-16(23-24-12)19-14-11-15(22-18(2,3)4)21-17(20-14)13-8-6-5-7-9-13/h5-11H,1-4H3,(H2,19,20,21,22,23). The lowest BCUT2D eigenvalue weighted by molar-refractivity contribution is 0.400. The van der Waals surface area contributed by atoms with E-state index in [0.29, 0.717) is 17.5 Å². The lowest BCUT2D eigenvalue weighted by Crippen LogP contribution is -2.26. The summed E-state index contributed by atoms with van der Waals surface area (Å²) in [5, 5.41) is 10.5. The Morgan fingerprint density at radius 3 is 2.25 bits per heavy atom. The van der Waals surface area contributed by atoms with Gasteiger partial charge in [0.05, 0.1) is 0 Å². The number of benzene rings is 1. The van der Waals surface area contributed by atoms with Crippen molar-refractivity contribution in [1.82, 2.24) is 15.1 Å². The molecule has 0 saturated heterocycles. The Kier molecular flexibility index (Phi) is 4.20. The van der Waals surface area contributed by atoms with E-state index in [2.05, 4.69) is 46.5 Å². The first-order valence-corrected chi connectivity index (χ1v) is 7.82. The zero-order valence-electron chi connectivity index (χ0n) is 14.3. The lowest BCUT2D eigenvalue weighted by atomic mass is 10.1. The summed E-state index contributed by atoms with van der Waals surface area (Å²) >= 11 is 0. The van der Waals surface area contributed by atoms with Gasteiger partial charge in [0, 0.05) is 23.2 Å². The van der Waals surface area contributed by atoms with Crippen molar-refractivity contribution in [3.63, 3.8) is 0 Å². The molecule has 2 aromatic heterocycles. The van der Waals surface area contributed by atoms with Crippen LogP contribution in [-0.4, -0.2) is 20.7 Å². The van der Waals surface area contributed by atoms with Crippen LogP contribution in [0.2, 0.25) is 0 Å². The zero-order chi connectivity index (χ0) is 17.2. The predicted octanol–water partition coefficient (Wildman–Crippen LogP) is 4.39. The first-order chi connectivity index (χ1) is 11.4. The highest BCUT2D eigenvalue weighted by atomic mass is 16.5. The van der Waals surface area contributed by atoms with Crippen molar-refractivity contribution in [2.24, 2.45) is 0 Å². The minimum atomic E-state index is -0.107. The summed E-state index contributed by atoms with van der Waals surface area (Å²) in [4.78, 5) is 9.22. The second-order valence-corrected chi connectivity index (χ2v) is 6.65. The molecule has 1 aromatic carbocycles. The zero-order valence-corrected chi connectivity index (χ0v) is 14.3. The number of hydrogen-bond donors (Lipinski definition) is 2. The van der Waals surface area contributed by atoms with Gasteiger partial charge in [-0.2, -0.15) is 0 Å². The van der Waals surface area contributed by atoms with Crippen LogP contribution in [0.15, 0.2) is 47.0 Å². The van der Waals surface area contributed by atoms with E-state index in [0.717, 1.165) is 17.1 Å². The summed E-state index contributed by atoms with van der Waals surface area (Å²) in [5.74, 6) is 3.41. The molecule has 2 N–H and O–H groups in total. The van der Waals surface area contributed by atoms with Gasteiger partial charge in [-0.05, 0) is 27.7 Å². The number of hydrogen-bond acceptors (Lipinski definition) is 6. The van der Waals surface area contributed by atoms with E-state index in [-0.39, 0.29) is 5.54 Å². The number of aromatic nitrogens is 3. The molecule has 0 radical (unpaired) electrons. The Bertz CT molecular complexity index is 821. The molecular formula is C18H21N5O. The number of aryl methyl sites for hydroxylation is 1. The average Bonchev–Trinajstić information content (AvgIpc) is 2.91. The maximum absolute atomic E-state index is 5.09. The van der Waals surface area contributed by atoms with Gasteiger partial charge < -0.3 is 15.2 Å². The molecule has 0 saturated carbocycles. The van der Waals surface area contributed by atoms with Crippen LogP contribution in [0, 0.1) is 6.92 Å². The molecule has 0 aliphatic heterocycles. The Morgan fingerprint density at radius 1 is 0.917 bits per heavy atom. The Hall–Kier alpha value is -2.89. The highest BCUT2D eigenvalue weighted by Gasteiger charge is 2.14. The molecule has 0 bridgehead atoms. The molecule has 0 aliphatic rings. The highest BCUT2D eigenvalue weighted by molar-refractivity contribution is 5.64. The van der Waals surface area contributed by atoms with Gasteiger partial charge in [0.25, 0.3) is 0 Å². The van der Waals surface area contributed by atoms with Crippen molar-refractivity contribution >= 4 is 17.5 Å². The summed E-state index contributed by atoms with van der Waals surface area (Å²) in [6, 6.07) is 13.6. The summed E-state index contributed by atoms with van der Waals surface area (Å²) < 4.78 is 5.09. The largest absolute Gasteiger partial charge is 0.365 e. The summed E-state index contributed by atoms with van der Waals surface area (Å²) in [7, 11) is 0. The Balaban J connectivity index is 1.99. The van der Waals surface area contributed by atoms with E-state index in [1.54, 1.807) is 0 Å². The van der Waals surface area contributed by atoms with E-state index >= 15 is 0 Å². The van der Waals surface area contributed by atoms with Crippen LogP contribution < -0.4 is 10.6 Å². The SMILES string of the molecule is Cc1cc(Nc2cc(NC(C)(C)C)nc(-c3ccccc3)n2)no1. The van der Waals surface area contributed by atoms with E-state index in [9.17, 15) is 0 Å². The van der Waals surface area contributed by atoms with Crippen LogP contribution in [0.25, 0.3) is 11.4 Å². The molecule has 3 aromatic rings. The third-order valence-electron chi connectivity index (χ3n) is 3.15. The number of nitrogens with one attached hydrogen (secondary N) is 2. The average molecular weight is 323 g/mol. The third kappa shape index (κ3) is 4.10. The van der Waals surface area contributed by atoms with Gasteiger partial charge in [-0.15, -0.1) is 0 Å². The van der Waals surface area contributed by atoms with Gasteiger partial charge in [0.2, 0.25) is 0 Å². The summed E-state index contributed by atoms with van der Waals surface area (Å²) in [6.07, 6.45) is 0. The number of anilines is 3. The second-order valence-electron chi connectivity index (χ2n) is 6.65. The molecule has 6 heteroatoms. The number of nitrogens with zero attached hydrogens (tertiary/aromatic N) is 3. The molecule has 0 atom stereocenters. The maximum Gasteiger partial charge on any atom is 0.175 e. The van der Waals surface area contributed by atoms with Crippen molar-refractivity contribution in [2.45, 2.75) is 33.2 Å². The van der Waals surface area contributed by atoms with Crippen molar-refractivity contribution in [3.05, 3.63) is 48.2 Å². The van der Waals surface area contributed by atoms with Crippen LogP contribution in [0.1, 0.15) is 26.5 Å². The van der Waals surface area contributed by atoms with E-state index in [1.807, 2.05) is 49.4 Å².